The molecule has 9 heteroatoms. The molecule has 0 aliphatic carbocycles. The van der Waals surface area contributed by atoms with Crippen LogP contribution in [0.4, 0.5) is 5.82 Å². The fourth-order valence-corrected chi connectivity index (χ4v) is 5.56. The number of anilines is 1. The van der Waals surface area contributed by atoms with E-state index in [2.05, 4.69) is 108 Å². The Balaban J connectivity index is 1.02. The molecule has 8 nitrogen and oxygen atoms in total. The van der Waals surface area contributed by atoms with Gasteiger partial charge in [0.15, 0.2) is 11.8 Å². The van der Waals surface area contributed by atoms with Crippen molar-refractivity contribution in [1.29, 1.82) is 0 Å². The summed E-state index contributed by atoms with van der Waals surface area (Å²) in [5.41, 5.74) is 12.8. The summed E-state index contributed by atoms with van der Waals surface area (Å²) in [5, 5.41) is 10.4. The number of rotatable bonds is 10. The second-order valence-electron chi connectivity index (χ2n) is 11.0. The first-order chi connectivity index (χ1) is 19.8. The number of nitrogens with one attached hydrogen (secondary N) is 3. The summed E-state index contributed by atoms with van der Waals surface area (Å²) in [5.74, 6) is 2.05. The van der Waals surface area contributed by atoms with Gasteiger partial charge in [0.25, 0.3) is 0 Å². The van der Waals surface area contributed by atoms with E-state index in [4.69, 9.17) is 10.7 Å². The van der Waals surface area contributed by atoms with E-state index in [0.717, 1.165) is 75.2 Å². The van der Waals surface area contributed by atoms with Gasteiger partial charge in [0.2, 0.25) is 0 Å². The molecule has 0 amide bonds. The van der Waals surface area contributed by atoms with Crippen LogP contribution in [0.1, 0.15) is 40.9 Å². The van der Waals surface area contributed by atoms with Crippen LogP contribution in [0, 0.1) is 6.92 Å². The minimum atomic E-state index is -0.0568. The van der Waals surface area contributed by atoms with Crippen molar-refractivity contribution < 1.29 is 0 Å². The SMILES string of the molecule is C=C(NC1=NCC2(CCN(C(=C)NCCc3ccc(CCc4ccccc4)cc3)CC2)N1)c1nc(C)c(P)nc1N. The third-order valence-electron chi connectivity index (χ3n) is 8.03. The fourth-order valence-electron chi connectivity index (χ4n) is 5.36. The van der Waals surface area contributed by atoms with Crippen LogP contribution >= 0.6 is 9.24 Å². The van der Waals surface area contributed by atoms with E-state index in [-0.39, 0.29) is 5.54 Å². The Bertz CT molecular complexity index is 1410. The van der Waals surface area contributed by atoms with Crippen molar-refractivity contribution >= 4 is 32.1 Å². The van der Waals surface area contributed by atoms with E-state index in [1.54, 1.807) is 0 Å². The van der Waals surface area contributed by atoms with Gasteiger partial charge >= 0.3 is 0 Å². The molecule has 5 N–H and O–H groups in total. The van der Waals surface area contributed by atoms with Gasteiger partial charge in [0.1, 0.15) is 5.69 Å². The minimum absolute atomic E-state index is 0.0568. The van der Waals surface area contributed by atoms with E-state index in [0.29, 0.717) is 23.2 Å². The molecule has 3 heterocycles. The number of aliphatic imine (C=N–C) groups is 1. The van der Waals surface area contributed by atoms with Crippen molar-refractivity contribution in [3.63, 3.8) is 0 Å². The molecule has 1 saturated heterocycles. The quantitative estimate of drug-likeness (QED) is 0.278. The molecule has 0 bridgehead atoms. The maximum absolute atomic E-state index is 6.08. The summed E-state index contributed by atoms with van der Waals surface area (Å²) in [6, 6.07) is 19.7. The van der Waals surface area contributed by atoms with Gasteiger partial charge in [-0.25, -0.2) is 9.97 Å². The van der Waals surface area contributed by atoms with Gasteiger partial charge in [0, 0.05) is 19.6 Å². The fraction of sp³-hybridized carbons (Fsp3) is 0.344. The highest BCUT2D eigenvalue weighted by Crippen LogP contribution is 2.27. The minimum Gasteiger partial charge on any atom is -0.382 e. The first kappa shape index (κ1) is 28.6. The lowest BCUT2D eigenvalue weighted by Gasteiger charge is -2.41. The molecule has 41 heavy (non-hydrogen) atoms. The van der Waals surface area contributed by atoms with E-state index in [9.17, 15) is 0 Å². The number of benzene rings is 2. The van der Waals surface area contributed by atoms with Crippen molar-refractivity contribution in [3.8, 4) is 0 Å². The zero-order valence-electron chi connectivity index (χ0n) is 23.9. The van der Waals surface area contributed by atoms with Crippen LogP contribution in [-0.4, -0.2) is 52.5 Å². The van der Waals surface area contributed by atoms with E-state index < -0.39 is 0 Å². The number of hydrogen-bond donors (Lipinski definition) is 4. The molecule has 1 atom stereocenters. The third kappa shape index (κ3) is 7.25. The predicted octanol–water partition coefficient (Wildman–Crippen LogP) is 3.31. The zero-order valence-corrected chi connectivity index (χ0v) is 25.1. The number of aryl methyl sites for hydroxylation is 3. The Labute approximate surface area is 245 Å². The second kappa shape index (κ2) is 12.7. The monoisotopic (exact) mass is 568 g/mol. The predicted molar refractivity (Wildman–Crippen MR) is 173 cm³/mol. The molecule has 2 aliphatic rings. The third-order valence-corrected chi connectivity index (χ3v) is 8.57. The Morgan fingerprint density at radius 1 is 0.976 bits per heavy atom. The summed E-state index contributed by atoms with van der Waals surface area (Å²) in [6.45, 7) is 13.8. The Morgan fingerprint density at radius 2 is 1.61 bits per heavy atom. The summed E-state index contributed by atoms with van der Waals surface area (Å²) >= 11 is 0. The molecular weight excluding hydrogens is 527 g/mol. The molecule has 1 spiro atoms. The number of nitrogens with zero attached hydrogens (tertiary/aromatic N) is 4. The summed E-state index contributed by atoms with van der Waals surface area (Å²) in [4.78, 5) is 15.9. The maximum Gasteiger partial charge on any atom is 0.196 e. The van der Waals surface area contributed by atoms with Crippen molar-refractivity contribution in [2.45, 2.75) is 44.6 Å². The number of aromatic nitrogens is 2. The van der Waals surface area contributed by atoms with Crippen molar-refractivity contribution in [2.75, 3.05) is 31.9 Å². The highest BCUT2D eigenvalue weighted by molar-refractivity contribution is 7.27. The summed E-state index contributed by atoms with van der Waals surface area (Å²) in [7, 11) is 2.55. The van der Waals surface area contributed by atoms with E-state index in [1.165, 1.54) is 16.7 Å². The van der Waals surface area contributed by atoms with Crippen LogP contribution in [-0.2, 0) is 19.3 Å². The molecule has 2 aliphatic heterocycles. The molecule has 5 rings (SSSR count). The van der Waals surface area contributed by atoms with Gasteiger partial charge in [-0.1, -0.05) is 77.0 Å². The van der Waals surface area contributed by atoms with Gasteiger partial charge in [-0.15, -0.1) is 0 Å². The maximum atomic E-state index is 6.08. The van der Waals surface area contributed by atoms with Crippen LogP contribution in [0.5, 0.6) is 0 Å². The highest BCUT2D eigenvalue weighted by Gasteiger charge is 2.39. The smallest absolute Gasteiger partial charge is 0.196 e. The summed E-state index contributed by atoms with van der Waals surface area (Å²) < 4.78 is 0. The van der Waals surface area contributed by atoms with Crippen molar-refractivity contribution in [2.24, 2.45) is 4.99 Å². The average molecular weight is 569 g/mol. The van der Waals surface area contributed by atoms with Gasteiger partial charge in [-0.3, -0.25) is 4.99 Å². The number of piperidine rings is 1. The first-order valence-electron chi connectivity index (χ1n) is 14.3. The van der Waals surface area contributed by atoms with Crippen LogP contribution in [0.25, 0.3) is 5.70 Å². The Hall–Kier alpha value is -3.90. The lowest BCUT2D eigenvalue weighted by Crippen LogP contribution is -2.55. The molecule has 0 saturated carbocycles. The average Bonchev–Trinajstić information content (AvgIpc) is 3.36. The van der Waals surface area contributed by atoms with Crippen molar-refractivity contribution in [1.82, 2.24) is 30.8 Å². The Morgan fingerprint density at radius 3 is 2.29 bits per heavy atom. The number of hydrogen-bond acceptors (Lipinski definition) is 8. The lowest BCUT2D eigenvalue weighted by atomic mass is 9.88. The normalized spacial score (nSPS) is 15.8. The van der Waals surface area contributed by atoms with E-state index in [1.807, 2.05) is 6.92 Å². The van der Waals surface area contributed by atoms with Crippen LogP contribution in [0.2, 0.25) is 0 Å². The molecule has 1 fully saturated rings. The largest absolute Gasteiger partial charge is 0.382 e. The van der Waals surface area contributed by atoms with E-state index >= 15 is 0 Å². The molecule has 214 valence electrons. The molecular formula is C32H41N8P. The number of likely N-dealkylation sites (tertiary alicyclic amines) is 1. The van der Waals surface area contributed by atoms with Crippen LogP contribution in [0.3, 0.4) is 0 Å². The molecule has 1 unspecified atom stereocenters. The second-order valence-corrected chi connectivity index (χ2v) is 11.6. The number of nitrogens with two attached hydrogens (primary N) is 1. The molecule has 1 aromatic heterocycles. The van der Waals surface area contributed by atoms with Crippen molar-refractivity contribution in [3.05, 3.63) is 102 Å². The van der Waals surface area contributed by atoms with Gasteiger partial charge in [-0.05, 0) is 55.7 Å². The zero-order chi connectivity index (χ0) is 28.8. The molecule has 3 aromatic rings. The highest BCUT2D eigenvalue weighted by atomic mass is 31.0. The first-order valence-corrected chi connectivity index (χ1v) is 14.9. The standard InChI is InChI=1S/C32H41N8P/c1-22(28-29(33)38-30(41)23(2)36-28)37-31-35-21-32(39-31)16-19-40(20-17-32)24(3)34-18-15-27-13-11-26(12-14-27)10-9-25-7-5-4-6-8-25/h4-8,11-14,34H,1,3,9-10,15-21,41H2,2H3,(H2,33,38)(H2,35,37,39). The van der Waals surface area contributed by atoms with Gasteiger partial charge < -0.3 is 26.6 Å². The van der Waals surface area contributed by atoms with Crippen LogP contribution < -0.4 is 27.1 Å². The van der Waals surface area contributed by atoms with Crippen LogP contribution in [0.15, 0.2) is 78.6 Å². The summed E-state index contributed by atoms with van der Waals surface area (Å²) in [6.07, 6.45) is 5.06. The Kier molecular flexibility index (Phi) is 8.89. The molecule has 0 radical (unpaired) electrons. The van der Waals surface area contributed by atoms with Gasteiger partial charge in [-0.2, -0.15) is 0 Å². The number of nitrogen functional groups attached to an aromatic ring is 1. The number of guanidine groups is 1. The molecule has 2 aromatic carbocycles. The lowest BCUT2D eigenvalue weighted by molar-refractivity contribution is 0.184. The topological polar surface area (TPSA) is 103 Å². The van der Waals surface area contributed by atoms with Gasteiger partial charge in [0.05, 0.1) is 34.7 Å².